The molecule has 4 rings (SSSR count). The Morgan fingerprint density at radius 3 is 2.64 bits per heavy atom. The lowest BCUT2D eigenvalue weighted by Gasteiger charge is -2.22. The van der Waals surface area contributed by atoms with Crippen LogP contribution in [0.15, 0.2) is 48.8 Å². The number of halogens is 5. The van der Waals surface area contributed by atoms with Crippen LogP contribution in [0.1, 0.15) is 36.2 Å². The van der Waals surface area contributed by atoms with Gasteiger partial charge in [0.05, 0.1) is 29.1 Å². The van der Waals surface area contributed by atoms with Crippen molar-refractivity contribution in [1.82, 2.24) is 20.1 Å². The van der Waals surface area contributed by atoms with Crippen LogP contribution in [0.4, 0.5) is 17.6 Å². The van der Waals surface area contributed by atoms with Crippen LogP contribution in [0.3, 0.4) is 0 Å². The minimum Gasteiger partial charge on any atom is -0.487 e. The van der Waals surface area contributed by atoms with Gasteiger partial charge in [0.25, 0.3) is 5.91 Å². The van der Waals surface area contributed by atoms with Crippen LogP contribution in [0.2, 0.25) is 5.02 Å². The molecule has 0 saturated carbocycles. The number of carbonyl (C=O) groups excluding carboxylic acids is 1. The Balaban J connectivity index is 1.72. The Kier molecular flexibility index (Phi) is 7.44. The molecule has 0 bridgehead atoms. The summed E-state index contributed by atoms with van der Waals surface area (Å²) in [5, 5.41) is 6.91. The number of hydrogen-bond acceptors (Lipinski definition) is 4. The molecule has 2 aromatic carbocycles. The number of fused-ring (bicyclic) bond motifs is 1. The Hall–Kier alpha value is -3.66. The molecule has 0 fully saturated rings. The Morgan fingerprint density at radius 1 is 1.19 bits per heavy atom. The first-order chi connectivity index (χ1) is 17.2. The van der Waals surface area contributed by atoms with Crippen molar-refractivity contribution in [3.63, 3.8) is 0 Å². The number of ether oxygens (including phenoxy) is 1. The van der Waals surface area contributed by atoms with Crippen LogP contribution >= 0.6 is 11.6 Å². The van der Waals surface area contributed by atoms with E-state index in [4.69, 9.17) is 16.3 Å². The van der Waals surface area contributed by atoms with Gasteiger partial charge in [-0.2, -0.15) is 13.9 Å². The predicted molar refractivity (Wildman–Crippen MR) is 126 cm³/mol. The molecule has 0 aliphatic heterocycles. The summed E-state index contributed by atoms with van der Waals surface area (Å²) in [6, 6.07) is 8.25. The Labute approximate surface area is 208 Å². The number of amides is 1. The number of pyridine rings is 1. The molecule has 2 aromatic heterocycles. The summed E-state index contributed by atoms with van der Waals surface area (Å²) in [6.45, 7) is 3.28. The number of nitrogens with zero attached hydrogens (tertiary/aromatic N) is 3. The monoisotopic (exact) mass is 520 g/mol. The van der Waals surface area contributed by atoms with E-state index < -0.39 is 30.0 Å². The van der Waals surface area contributed by atoms with Gasteiger partial charge in [-0.25, -0.2) is 18.4 Å². The zero-order valence-electron chi connectivity index (χ0n) is 19.2. The van der Waals surface area contributed by atoms with Crippen molar-refractivity contribution in [2.75, 3.05) is 0 Å². The fourth-order valence-electron chi connectivity index (χ4n) is 3.94. The summed E-state index contributed by atoms with van der Waals surface area (Å²) in [5.74, 6) is -2.28. The van der Waals surface area contributed by atoms with Crippen LogP contribution in [0.25, 0.3) is 16.6 Å². The van der Waals surface area contributed by atoms with Crippen molar-refractivity contribution in [2.24, 2.45) is 0 Å². The van der Waals surface area contributed by atoms with Gasteiger partial charge < -0.3 is 10.1 Å². The number of nitrogens with one attached hydrogen (secondary N) is 1. The van der Waals surface area contributed by atoms with Crippen LogP contribution in [-0.4, -0.2) is 27.1 Å². The zero-order valence-corrected chi connectivity index (χ0v) is 20.0. The third-order valence-electron chi connectivity index (χ3n) is 5.57. The number of aryl methyl sites for hydroxylation is 1. The number of para-hydroxylation sites is 1. The van der Waals surface area contributed by atoms with Crippen LogP contribution in [0.5, 0.6) is 5.75 Å². The number of alkyl halides is 2. The molecule has 0 spiro atoms. The SMILES string of the molecule is CC[C@H](NC(=O)C(F)F)c1cc(F)cc(Cl)c1COc1cccc2c(-n3cc(F)cn3)cc(C)nc12. The van der Waals surface area contributed by atoms with Gasteiger partial charge in [0.2, 0.25) is 0 Å². The molecule has 1 atom stereocenters. The number of rotatable bonds is 8. The lowest BCUT2D eigenvalue weighted by molar-refractivity contribution is -0.132. The van der Waals surface area contributed by atoms with Gasteiger partial charge in [0.15, 0.2) is 5.82 Å². The van der Waals surface area contributed by atoms with E-state index in [1.54, 1.807) is 38.1 Å². The summed E-state index contributed by atoms with van der Waals surface area (Å²) in [7, 11) is 0. The molecule has 36 heavy (non-hydrogen) atoms. The molecular weight excluding hydrogens is 500 g/mol. The molecule has 0 radical (unpaired) electrons. The maximum Gasteiger partial charge on any atom is 0.315 e. The number of hydrogen-bond donors (Lipinski definition) is 1. The summed E-state index contributed by atoms with van der Waals surface area (Å²) in [6.07, 6.45) is -0.670. The molecule has 4 aromatic rings. The van der Waals surface area contributed by atoms with E-state index in [9.17, 15) is 22.4 Å². The van der Waals surface area contributed by atoms with Gasteiger partial charge in [-0.05, 0) is 43.2 Å². The molecule has 0 unspecified atom stereocenters. The minimum absolute atomic E-state index is 0.0202. The summed E-state index contributed by atoms with van der Waals surface area (Å²) in [5.41, 5.74) is 2.26. The largest absolute Gasteiger partial charge is 0.487 e. The summed E-state index contributed by atoms with van der Waals surface area (Å²) >= 11 is 6.31. The highest BCUT2D eigenvalue weighted by molar-refractivity contribution is 6.31. The highest BCUT2D eigenvalue weighted by atomic mass is 35.5. The Morgan fingerprint density at radius 2 is 1.97 bits per heavy atom. The van der Waals surface area contributed by atoms with Crippen LogP contribution in [0, 0.1) is 18.6 Å². The van der Waals surface area contributed by atoms with Gasteiger partial charge in [-0.1, -0.05) is 30.7 Å². The summed E-state index contributed by atoms with van der Waals surface area (Å²) < 4.78 is 60.9. The lowest BCUT2D eigenvalue weighted by atomic mass is 9.98. The quantitative estimate of drug-likeness (QED) is 0.286. The van der Waals surface area contributed by atoms with Crippen LogP contribution < -0.4 is 10.1 Å². The van der Waals surface area contributed by atoms with Crippen LogP contribution in [-0.2, 0) is 11.4 Å². The molecule has 2 heterocycles. The minimum atomic E-state index is -3.22. The standard InChI is InChI=1S/C25H21ClF4N4O2/c1-3-20(33-25(35)24(29)30)17-8-14(27)9-19(26)18(17)12-36-22-6-4-5-16-21(7-13(2)32-23(16)22)34-11-15(28)10-31-34/h4-11,20,24H,3,12H2,1-2H3,(H,33,35)/t20-/m0/s1. The maximum atomic E-state index is 14.2. The first-order valence-corrected chi connectivity index (χ1v) is 11.4. The molecule has 0 aliphatic rings. The number of aromatic nitrogens is 3. The van der Waals surface area contributed by atoms with Crippen molar-refractivity contribution < 1.29 is 27.1 Å². The van der Waals surface area contributed by atoms with Crippen molar-refractivity contribution in [1.29, 1.82) is 0 Å². The number of carbonyl (C=O) groups is 1. The second-order valence-electron chi connectivity index (χ2n) is 8.05. The topological polar surface area (TPSA) is 69.0 Å². The van der Waals surface area contributed by atoms with Crippen molar-refractivity contribution in [3.8, 4) is 11.4 Å². The maximum absolute atomic E-state index is 14.2. The molecule has 188 valence electrons. The van der Waals surface area contributed by atoms with Gasteiger partial charge in [-0.3, -0.25) is 4.79 Å². The predicted octanol–water partition coefficient (Wildman–Crippen LogP) is 6.07. The molecule has 11 heteroatoms. The zero-order chi connectivity index (χ0) is 26.0. The van der Waals surface area contributed by atoms with E-state index >= 15 is 0 Å². The van der Waals surface area contributed by atoms with E-state index in [-0.39, 0.29) is 23.6 Å². The normalized spacial score (nSPS) is 12.2. The average molecular weight is 521 g/mol. The van der Waals surface area contributed by atoms with Crippen molar-refractivity contribution in [2.45, 2.75) is 39.3 Å². The molecule has 0 saturated heterocycles. The molecule has 0 aliphatic carbocycles. The Bertz CT molecular complexity index is 1430. The molecular formula is C25H21ClF4N4O2. The van der Waals surface area contributed by atoms with Crippen molar-refractivity contribution in [3.05, 3.63) is 82.3 Å². The van der Waals surface area contributed by atoms with E-state index in [1.807, 2.05) is 0 Å². The van der Waals surface area contributed by atoms with E-state index in [0.717, 1.165) is 18.3 Å². The van der Waals surface area contributed by atoms with E-state index in [2.05, 4.69) is 15.4 Å². The fourth-order valence-corrected chi connectivity index (χ4v) is 4.21. The average Bonchev–Trinajstić information content (AvgIpc) is 3.27. The van der Waals surface area contributed by atoms with E-state index in [0.29, 0.717) is 33.6 Å². The summed E-state index contributed by atoms with van der Waals surface area (Å²) in [4.78, 5) is 16.2. The molecule has 6 nitrogen and oxygen atoms in total. The second-order valence-corrected chi connectivity index (χ2v) is 8.46. The number of benzene rings is 2. The highest BCUT2D eigenvalue weighted by Gasteiger charge is 2.24. The smallest absolute Gasteiger partial charge is 0.315 e. The van der Waals surface area contributed by atoms with Gasteiger partial charge in [-0.15, -0.1) is 0 Å². The third kappa shape index (κ3) is 5.28. The lowest BCUT2D eigenvalue weighted by Crippen LogP contribution is -2.33. The second kappa shape index (κ2) is 10.5. The first-order valence-electron chi connectivity index (χ1n) is 11.0. The highest BCUT2D eigenvalue weighted by Crippen LogP contribution is 2.33. The first kappa shape index (κ1) is 25.4. The molecule has 1 amide bonds. The fraction of sp³-hybridized carbons (Fsp3) is 0.240. The molecule has 1 N–H and O–H groups in total. The van der Waals surface area contributed by atoms with Crippen molar-refractivity contribution >= 4 is 28.4 Å². The van der Waals surface area contributed by atoms with Gasteiger partial charge >= 0.3 is 6.43 Å². The van der Waals surface area contributed by atoms with Gasteiger partial charge in [0, 0.05) is 16.6 Å². The van der Waals surface area contributed by atoms with Gasteiger partial charge in [0.1, 0.15) is 23.7 Å². The third-order valence-corrected chi connectivity index (χ3v) is 5.91. The van der Waals surface area contributed by atoms with E-state index in [1.165, 1.54) is 10.9 Å².